The smallest absolute Gasteiger partial charge is 0.235 e. The maximum Gasteiger partial charge on any atom is 0.235 e. The Labute approximate surface area is 124 Å². The van der Waals surface area contributed by atoms with Crippen LogP contribution in [0.3, 0.4) is 0 Å². The van der Waals surface area contributed by atoms with Gasteiger partial charge in [0.05, 0.1) is 11.0 Å². The van der Waals surface area contributed by atoms with Crippen LogP contribution in [-0.4, -0.2) is 28.5 Å². The Morgan fingerprint density at radius 1 is 1.65 bits per heavy atom. The Balaban J connectivity index is 1.86. The van der Waals surface area contributed by atoms with Crippen molar-refractivity contribution in [2.75, 3.05) is 11.4 Å². The van der Waals surface area contributed by atoms with Crippen LogP contribution in [0.15, 0.2) is 11.6 Å². The van der Waals surface area contributed by atoms with E-state index in [4.69, 9.17) is 16.5 Å². The molecular weight excluding hydrogens is 300 g/mol. The number of carbonyl (C=O) groups is 1. The average Bonchev–Trinajstić information content (AvgIpc) is 3.06. The predicted octanol–water partition coefficient (Wildman–Crippen LogP) is 2.16. The van der Waals surface area contributed by atoms with E-state index in [1.54, 1.807) is 11.6 Å². The molecule has 0 spiro atoms. The monoisotopic (exact) mass is 312 g/mol. The first kappa shape index (κ1) is 13.4. The number of carbonyl (C=O) groups excluding carboxylic acids is 1. The third kappa shape index (κ3) is 2.51. The van der Waals surface area contributed by atoms with Gasteiger partial charge in [-0.2, -0.15) is 4.98 Å². The highest BCUT2D eigenvalue weighted by molar-refractivity contribution is 7.17. The van der Waals surface area contributed by atoms with Crippen molar-refractivity contribution in [3.63, 3.8) is 0 Å². The van der Waals surface area contributed by atoms with Gasteiger partial charge in [0, 0.05) is 36.7 Å². The molecule has 2 aromatic rings. The van der Waals surface area contributed by atoms with Gasteiger partial charge in [-0.15, -0.1) is 11.3 Å². The van der Waals surface area contributed by atoms with Gasteiger partial charge in [0.1, 0.15) is 16.6 Å². The Morgan fingerprint density at radius 2 is 2.50 bits per heavy atom. The van der Waals surface area contributed by atoms with Crippen molar-refractivity contribution < 1.29 is 9.53 Å². The van der Waals surface area contributed by atoms with Crippen LogP contribution in [0.2, 0.25) is 0 Å². The van der Waals surface area contributed by atoms with Gasteiger partial charge in [-0.05, 0) is 6.92 Å². The zero-order valence-corrected chi connectivity index (χ0v) is 12.3. The van der Waals surface area contributed by atoms with E-state index in [9.17, 15) is 4.79 Å². The van der Waals surface area contributed by atoms with Crippen molar-refractivity contribution in [3.05, 3.63) is 11.6 Å². The average molecular weight is 313 g/mol. The second-order valence-corrected chi connectivity index (χ2v) is 5.74. The van der Waals surface area contributed by atoms with Crippen LogP contribution >= 0.6 is 23.1 Å². The molecule has 2 atom stereocenters. The molecule has 0 unspecified atom stereocenters. The third-order valence-electron chi connectivity index (χ3n) is 3.35. The number of aromatic nitrogens is 2. The molecule has 0 aromatic carbocycles. The normalized spacial score (nSPS) is 19.9. The third-order valence-corrected chi connectivity index (χ3v) is 4.38. The number of thiazole rings is 1. The van der Waals surface area contributed by atoms with Gasteiger partial charge in [0.15, 0.2) is 0 Å². The zero-order valence-electron chi connectivity index (χ0n) is 10.7. The van der Waals surface area contributed by atoms with E-state index in [2.05, 4.69) is 20.1 Å². The van der Waals surface area contributed by atoms with Crippen LogP contribution in [0, 0.1) is 5.92 Å². The Morgan fingerprint density at radius 3 is 3.20 bits per heavy atom. The largest absolute Gasteiger partial charge is 0.473 e. The van der Waals surface area contributed by atoms with Crippen molar-refractivity contribution in [2.24, 2.45) is 5.92 Å². The van der Waals surface area contributed by atoms with Crippen molar-refractivity contribution >= 4 is 45.1 Å². The first-order valence-electron chi connectivity index (χ1n) is 6.21. The summed E-state index contributed by atoms with van der Waals surface area (Å²) < 4.78 is 6.81. The molecule has 6 nitrogen and oxygen atoms in total. The van der Waals surface area contributed by atoms with Crippen LogP contribution in [0.5, 0.6) is 5.88 Å². The van der Waals surface area contributed by atoms with E-state index < -0.39 is 0 Å². The Hall–Kier alpha value is -1.60. The van der Waals surface area contributed by atoms with E-state index in [0.717, 1.165) is 10.2 Å². The van der Waals surface area contributed by atoms with Crippen LogP contribution in [0.4, 0.5) is 5.82 Å². The second-order valence-electron chi connectivity index (χ2n) is 4.70. The highest BCUT2D eigenvalue weighted by Gasteiger charge is 2.28. The van der Waals surface area contributed by atoms with Gasteiger partial charge < -0.3 is 10.1 Å². The summed E-state index contributed by atoms with van der Waals surface area (Å²) in [7, 11) is 0. The van der Waals surface area contributed by atoms with Gasteiger partial charge >= 0.3 is 0 Å². The summed E-state index contributed by atoms with van der Waals surface area (Å²) in [5, 5.41) is 2.81. The van der Waals surface area contributed by atoms with Crippen LogP contribution in [0.25, 0.3) is 10.2 Å². The molecular formula is C12H13ClN4O2S. The minimum Gasteiger partial charge on any atom is -0.473 e. The topological polar surface area (TPSA) is 76.1 Å². The molecule has 1 aliphatic rings. The minimum atomic E-state index is -0.114. The first-order chi connectivity index (χ1) is 9.67. The van der Waals surface area contributed by atoms with E-state index in [-0.39, 0.29) is 17.9 Å². The molecule has 20 heavy (non-hydrogen) atoms. The molecule has 0 radical (unpaired) electrons. The number of hydrogen-bond acceptors (Lipinski definition) is 6. The molecule has 0 saturated carbocycles. The summed E-state index contributed by atoms with van der Waals surface area (Å²) in [5.41, 5.74) is 2.53. The van der Waals surface area contributed by atoms with Crippen LogP contribution in [0.1, 0.15) is 13.3 Å². The fraction of sp³-hybridized carbons (Fsp3) is 0.417. The van der Waals surface area contributed by atoms with E-state index >= 15 is 0 Å². The second kappa shape index (κ2) is 5.41. The lowest BCUT2D eigenvalue weighted by Crippen LogP contribution is -2.26. The summed E-state index contributed by atoms with van der Waals surface area (Å²) in [5.74, 6) is 1.21. The molecule has 0 bridgehead atoms. The number of amides is 1. The number of halogens is 1. The number of pyridine rings is 1. The molecule has 3 rings (SSSR count). The summed E-state index contributed by atoms with van der Waals surface area (Å²) >= 11 is 7.07. The zero-order chi connectivity index (χ0) is 14.1. The summed E-state index contributed by atoms with van der Waals surface area (Å²) in [6.07, 6.45) is 0.373. The van der Waals surface area contributed by atoms with E-state index in [1.165, 1.54) is 11.3 Å². The van der Waals surface area contributed by atoms with Gasteiger partial charge in [-0.3, -0.25) is 9.63 Å². The number of rotatable bonds is 4. The molecule has 0 aliphatic carbocycles. The van der Waals surface area contributed by atoms with E-state index in [1.807, 2.05) is 6.92 Å². The molecule has 2 aromatic heterocycles. The number of ether oxygens (including phenoxy) is 1. The summed E-state index contributed by atoms with van der Waals surface area (Å²) in [6, 6.07) is 1.76. The van der Waals surface area contributed by atoms with Gasteiger partial charge in [0.2, 0.25) is 11.8 Å². The molecule has 1 fully saturated rings. The lowest BCUT2D eigenvalue weighted by molar-refractivity contribution is -0.119. The quantitative estimate of drug-likeness (QED) is 0.846. The van der Waals surface area contributed by atoms with Gasteiger partial charge in [-0.25, -0.2) is 4.98 Å². The highest BCUT2D eigenvalue weighted by atomic mass is 35.5. The van der Waals surface area contributed by atoms with E-state index in [0.29, 0.717) is 24.7 Å². The van der Waals surface area contributed by atoms with Crippen LogP contribution in [-0.2, 0) is 4.79 Å². The highest BCUT2D eigenvalue weighted by Crippen LogP contribution is 2.31. The molecule has 3 heterocycles. The Bertz CT molecular complexity index is 647. The van der Waals surface area contributed by atoms with Gasteiger partial charge in [0.25, 0.3) is 0 Å². The standard InChI is InChI=1S/C12H13ClN4O2S/c1-6(7-2-10(18)14-4-7)19-12-11-8(15-5-20-11)3-9(16-12)17-13/h3,5-7H,2,4H2,1H3,(H,14,18)(H,16,17)/t6-,7-/m1/s1. The number of nitrogens with zero attached hydrogens (tertiary/aromatic N) is 2. The predicted molar refractivity (Wildman–Crippen MR) is 78.1 cm³/mol. The molecule has 1 saturated heterocycles. The maximum absolute atomic E-state index is 11.3. The summed E-state index contributed by atoms with van der Waals surface area (Å²) in [4.78, 5) is 22.3. The molecule has 2 N–H and O–H groups in total. The number of nitrogens with one attached hydrogen (secondary N) is 2. The number of hydrogen-bond donors (Lipinski definition) is 2. The fourth-order valence-electron chi connectivity index (χ4n) is 2.20. The van der Waals surface area contributed by atoms with Crippen molar-refractivity contribution in [3.8, 4) is 5.88 Å². The SMILES string of the molecule is C[C@@H](Oc1nc(NCl)cc2ncsc12)[C@H]1CNC(=O)C1. The minimum absolute atomic E-state index is 0.0671. The molecule has 106 valence electrons. The lowest BCUT2D eigenvalue weighted by Gasteiger charge is -2.19. The molecule has 8 heteroatoms. The number of fused-ring (bicyclic) bond motifs is 1. The fourth-order valence-corrected chi connectivity index (χ4v) is 2.99. The first-order valence-corrected chi connectivity index (χ1v) is 7.47. The maximum atomic E-state index is 11.3. The van der Waals surface area contributed by atoms with Crippen molar-refractivity contribution in [1.29, 1.82) is 0 Å². The van der Waals surface area contributed by atoms with Gasteiger partial charge in [-0.1, -0.05) is 0 Å². The molecule has 1 amide bonds. The summed E-state index contributed by atoms with van der Waals surface area (Å²) in [6.45, 7) is 2.58. The lowest BCUT2D eigenvalue weighted by atomic mass is 10.0. The number of anilines is 1. The Kier molecular flexibility index (Phi) is 3.62. The van der Waals surface area contributed by atoms with Crippen LogP contribution < -0.4 is 14.9 Å². The van der Waals surface area contributed by atoms with Crippen molar-refractivity contribution in [1.82, 2.24) is 15.3 Å². The molecule has 1 aliphatic heterocycles. The van der Waals surface area contributed by atoms with Crippen molar-refractivity contribution in [2.45, 2.75) is 19.4 Å².